The number of hydrogen-bond acceptors (Lipinski definition) is 7. The topological polar surface area (TPSA) is 82.3 Å². The summed E-state index contributed by atoms with van der Waals surface area (Å²) in [5, 5.41) is 3.41. The Morgan fingerprint density at radius 1 is 1.09 bits per heavy atom. The fourth-order valence-corrected chi connectivity index (χ4v) is 3.83. The summed E-state index contributed by atoms with van der Waals surface area (Å²) < 4.78 is 18.2. The quantitative estimate of drug-likeness (QED) is 0.390. The first kappa shape index (κ1) is 21.1. The summed E-state index contributed by atoms with van der Waals surface area (Å²) >= 11 is 0. The number of methoxy groups -OCH3 is 2. The smallest absolute Gasteiger partial charge is 0.180 e. The van der Waals surface area contributed by atoms with E-state index < -0.39 is 0 Å². The average molecular weight is 444 g/mol. The molecule has 0 bridgehead atoms. The van der Waals surface area contributed by atoms with Crippen LogP contribution in [0.1, 0.15) is 16.7 Å². The number of aromatic nitrogens is 3. The summed E-state index contributed by atoms with van der Waals surface area (Å²) in [6.45, 7) is 2.25. The van der Waals surface area contributed by atoms with Crippen LogP contribution in [0.5, 0.6) is 5.75 Å². The normalized spacial score (nSPS) is 12.3. The number of fused-ring (bicyclic) bond motifs is 2. The summed E-state index contributed by atoms with van der Waals surface area (Å²) in [4.78, 5) is 13.7. The number of rotatable bonds is 9. The van der Waals surface area contributed by atoms with E-state index in [1.54, 1.807) is 20.4 Å². The Balaban J connectivity index is 1.43. The molecule has 0 fully saturated rings. The van der Waals surface area contributed by atoms with E-state index in [4.69, 9.17) is 19.2 Å². The molecule has 0 spiro atoms. The largest absolute Gasteiger partial charge is 0.496 e. The van der Waals surface area contributed by atoms with Crippen LogP contribution in [-0.2, 0) is 22.6 Å². The van der Waals surface area contributed by atoms with Crippen LogP contribution in [0.15, 0.2) is 60.0 Å². The molecule has 3 heterocycles. The Bertz CT molecular complexity index is 1310. The van der Waals surface area contributed by atoms with Gasteiger partial charge < -0.3 is 23.9 Å². The van der Waals surface area contributed by atoms with Crippen molar-refractivity contribution in [2.75, 3.05) is 32.8 Å². The molecule has 0 radical (unpaired) electrons. The van der Waals surface area contributed by atoms with Gasteiger partial charge in [0, 0.05) is 54.8 Å². The van der Waals surface area contributed by atoms with E-state index in [9.17, 15) is 0 Å². The highest BCUT2D eigenvalue weighted by Gasteiger charge is 2.13. The third kappa shape index (κ3) is 4.44. The van der Waals surface area contributed by atoms with Crippen molar-refractivity contribution < 1.29 is 14.2 Å². The lowest BCUT2D eigenvalue weighted by Gasteiger charge is -2.14. The maximum absolute atomic E-state index is 5.64. The lowest BCUT2D eigenvalue weighted by Crippen LogP contribution is -2.04. The first-order valence-corrected chi connectivity index (χ1v) is 10.7. The number of nitrogens with one attached hydrogen (secondary N) is 1. The summed E-state index contributed by atoms with van der Waals surface area (Å²) in [5.41, 5.74) is 6.83. The molecule has 2 aromatic heterocycles. The third-order valence-corrected chi connectivity index (χ3v) is 5.54. The first-order chi connectivity index (χ1) is 16.2. The molecule has 0 unspecified atom stereocenters. The first-order valence-electron chi connectivity index (χ1n) is 10.7. The van der Waals surface area contributed by atoms with Gasteiger partial charge in [-0.25, -0.2) is 9.97 Å². The predicted octanol–water partition coefficient (Wildman–Crippen LogP) is 4.24. The van der Waals surface area contributed by atoms with Gasteiger partial charge in [0.1, 0.15) is 5.75 Å². The van der Waals surface area contributed by atoms with Gasteiger partial charge in [0.05, 0.1) is 39.2 Å². The highest BCUT2D eigenvalue weighted by molar-refractivity contribution is 5.86. The van der Waals surface area contributed by atoms with E-state index in [1.807, 2.05) is 41.2 Å². The van der Waals surface area contributed by atoms with Gasteiger partial charge in [0.15, 0.2) is 11.5 Å². The number of aliphatic imine (C=N–C) groups is 1. The van der Waals surface area contributed by atoms with E-state index >= 15 is 0 Å². The van der Waals surface area contributed by atoms with Gasteiger partial charge in [0.2, 0.25) is 0 Å². The molecule has 5 rings (SSSR count). The molecule has 8 heteroatoms. The zero-order chi connectivity index (χ0) is 22.6. The Morgan fingerprint density at radius 3 is 2.91 bits per heavy atom. The number of ether oxygens (including phenoxy) is 3. The van der Waals surface area contributed by atoms with Gasteiger partial charge in [0.25, 0.3) is 0 Å². The van der Waals surface area contributed by atoms with Crippen molar-refractivity contribution in [3.05, 3.63) is 71.7 Å². The van der Waals surface area contributed by atoms with Gasteiger partial charge in [-0.05, 0) is 23.3 Å². The van der Waals surface area contributed by atoms with Crippen LogP contribution in [0.25, 0.3) is 16.9 Å². The average Bonchev–Trinajstić information content (AvgIpc) is 3.51. The van der Waals surface area contributed by atoms with Gasteiger partial charge in [-0.15, -0.1) is 0 Å². The minimum Gasteiger partial charge on any atom is -0.496 e. The maximum Gasteiger partial charge on any atom is 0.180 e. The standard InChI is InChI=1S/C25H25N5O3/c1-31-9-10-33-16-19-5-6-21(12-23(19)32-2)28-24-25-27-7-8-30(25)15-22(29-24)17-3-4-18-13-26-14-20(18)11-17/h3-8,11-13,15H,9-10,14,16H2,1-2H3,(H,28,29). The maximum atomic E-state index is 5.64. The molecule has 0 saturated carbocycles. The lowest BCUT2D eigenvalue weighted by atomic mass is 10.0. The summed E-state index contributed by atoms with van der Waals surface area (Å²) in [7, 11) is 3.31. The van der Waals surface area contributed by atoms with Crippen molar-refractivity contribution >= 4 is 23.4 Å². The molecule has 1 aliphatic heterocycles. The van der Waals surface area contributed by atoms with E-state index in [0.29, 0.717) is 32.2 Å². The van der Waals surface area contributed by atoms with Crippen molar-refractivity contribution in [2.24, 2.45) is 4.99 Å². The Morgan fingerprint density at radius 2 is 2.03 bits per heavy atom. The van der Waals surface area contributed by atoms with Gasteiger partial charge in [-0.2, -0.15) is 0 Å². The second kappa shape index (κ2) is 9.40. The molecule has 168 valence electrons. The molecule has 33 heavy (non-hydrogen) atoms. The number of anilines is 2. The van der Waals surface area contributed by atoms with E-state index in [1.165, 1.54) is 11.1 Å². The van der Waals surface area contributed by atoms with Gasteiger partial charge in [-0.3, -0.25) is 4.99 Å². The third-order valence-electron chi connectivity index (χ3n) is 5.54. The molecule has 0 atom stereocenters. The molecule has 4 aromatic rings. The molecule has 8 nitrogen and oxygen atoms in total. The Kier molecular flexibility index (Phi) is 6.01. The van der Waals surface area contributed by atoms with Crippen molar-refractivity contribution in [1.29, 1.82) is 0 Å². The van der Waals surface area contributed by atoms with Crippen LogP contribution in [0.3, 0.4) is 0 Å². The molecule has 2 aromatic carbocycles. The number of hydrogen-bond donors (Lipinski definition) is 1. The van der Waals surface area contributed by atoms with Crippen LogP contribution in [0, 0.1) is 0 Å². The summed E-state index contributed by atoms with van der Waals surface area (Å²) in [5.74, 6) is 1.41. The predicted molar refractivity (Wildman–Crippen MR) is 128 cm³/mol. The molecular weight excluding hydrogens is 418 g/mol. The van der Waals surface area contributed by atoms with Crippen LogP contribution < -0.4 is 10.1 Å². The lowest BCUT2D eigenvalue weighted by molar-refractivity contribution is 0.0608. The monoisotopic (exact) mass is 443 g/mol. The van der Waals surface area contributed by atoms with Gasteiger partial charge in [-0.1, -0.05) is 18.2 Å². The minimum atomic E-state index is 0.451. The van der Waals surface area contributed by atoms with Crippen molar-refractivity contribution in [3.63, 3.8) is 0 Å². The molecule has 0 aliphatic carbocycles. The Hall–Kier alpha value is -3.75. The summed E-state index contributed by atoms with van der Waals surface area (Å²) in [6, 6.07) is 12.2. The second-order valence-electron chi connectivity index (χ2n) is 7.71. The van der Waals surface area contributed by atoms with Crippen LogP contribution in [-0.4, -0.2) is 48.0 Å². The van der Waals surface area contributed by atoms with Crippen molar-refractivity contribution in [3.8, 4) is 17.0 Å². The number of imidazole rings is 1. The van der Waals surface area contributed by atoms with E-state index in [2.05, 4.69) is 33.5 Å². The SMILES string of the molecule is COCCOCc1ccc(Nc2nc(-c3ccc4c(c3)CN=C4)cn3ccnc23)cc1OC. The molecule has 0 saturated heterocycles. The van der Waals surface area contributed by atoms with Crippen LogP contribution >= 0.6 is 0 Å². The van der Waals surface area contributed by atoms with Crippen LogP contribution in [0.2, 0.25) is 0 Å². The molecule has 1 N–H and O–H groups in total. The number of nitrogens with zero attached hydrogens (tertiary/aromatic N) is 4. The Labute approximate surface area is 191 Å². The molecular formula is C25H25N5O3. The zero-order valence-corrected chi connectivity index (χ0v) is 18.6. The molecule has 1 aliphatic rings. The second-order valence-corrected chi connectivity index (χ2v) is 7.71. The van der Waals surface area contributed by atoms with Crippen LogP contribution in [0.4, 0.5) is 11.5 Å². The zero-order valence-electron chi connectivity index (χ0n) is 18.6. The number of benzene rings is 2. The van der Waals surface area contributed by atoms with E-state index in [-0.39, 0.29) is 0 Å². The summed E-state index contributed by atoms with van der Waals surface area (Å²) in [6.07, 6.45) is 7.59. The fourth-order valence-electron chi connectivity index (χ4n) is 3.83. The fraction of sp³-hybridized carbons (Fsp3) is 0.240. The van der Waals surface area contributed by atoms with Gasteiger partial charge >= 0.3 is 0 Å². The van der Waals surface area contributed by atoms with Crippen molar-refractivity contribution in [2.45, 2.75) is 13.2 Å². The van der Waals surface area contributed by atoms with Crippen molar-refractivity contribution in [1.82, 2.24) is 14.4 Å². The minimum absolute atomic E-state index is 0.451. The van der Waals surface area contributed by atoms with E-state index in [0.717, 1.165) is 33.9 Å². The highest BCUT2D eigenvalue weighted by Crippen LogP contribution is 2.29. The molecule has 0 amide bonds. The highest BCUT2D eigenvalue weighted by atomic mass is 16.5.